The molecule has 0 radical (unpaired) electrons. The molecule has 2 saturated heterocycles. The van der Waals surface area contributed by atoms with Crippen molar-refractivity contribution in [3.05, 3.63) is 29.5 Å². The molecule has 0 unspecified atom stereocenters. The number of likely N-dealkylation sites (tertiary alicyclic amines) is 2. The van der Waals surface area contributed by atoms with Crippen molar-refractivity contribution in [3.63, 3.8) is 0 Å². The fraction of sp³-hybridized carbons (Fsp3) is 0.550. The largest absolute Gasteiger partial charge is 0.497 e. The lowest BCUT2D eigenvalue weighted by molar-refractivity contribution is 0.000585. The lowest BCUT2D eigenvalue weighted by atomic mass is 9.97. The highest BCUT2D eigenvalue weighted by Gasteiger charge is 2.39. The number of benzene rings is 1. The van der Waals surface area contributed by atoms with E-state index in [4.69, 9.17) is 9.15 Å². The van der Waals surface area contributed by atoms with Gasteiger partial charge in [0.2, 0.25) is 0 Å². The standard InChI is InChI=1S/C20H26N2O3/c1-13-6-4-5-9-22(13)15-11-21(12-15)20(23)19-14(2)17-8-7-16(24-3)10-18(17)25-19/h7-8,10,13,15H,4-6,9,11-12H2,1-3H3/t13-/m0/s1. The Morgan fingerprint density at radius 1 is 1.28 bits per heavy atom. The molecule has 3 heterocycles. The molecule has 0 saturated carbocycles. The van der Waals surface area contributed by atoms with Crippen LogP contribution in [0.3, 0.4) is 0 Å². The minimum atomic E-state index is 0.00794. The third kappa shape index (κ3) is 2.80. The summed E-state index contributed by atoms with van der Waals surface area (Å²) in [6.45, 7) is 7.04. The second-order valence-electron chi connectivity index (χ2n) is 7.36. The summed E-state index contributed by atoms with van der Waals surface area (Å²) >= 11 is 0. The average Bonchev–Trinajstić information content (AvgIpc) is 2.91. The van der Waals surface area contributed by atoms with E-state index in [0.29, 0.717) is 23.4 Å². The van der Waals surface area contributed by atoms with Gasteiger partial charge >= 0.3 is 0 Å². The number of ether oxygens (including phenoxy) is 1. The molecule has 4 rings (SSSR count). The van der Waals surface area contributed by atoms with Crippen molar-refractivity contribution in [2.24, 2.45) is 0 Å². The minimum absolute atomic E-state index is 0.00794. The van der Waals surface area contributed by atoms with Crippen LogP contribution >= 0.6 is 0 Å². The molecule has 0 N–H and O–H groups in total. The number of piperidine rings is 1. The van der Waals surface area contributed by atoms with Crippen LogP contribution in [-0.4, -0.2) is 54.5 Å². The molecule has 5 nitrogen and oxygen atoms in total. The van der Waals surface area contributed by atoms with Gasteiger partial charge in [-0.3, -0.25) is 9.69 Å². The number of nitrogens with zero attached hydrogens (tertiary/aromatic N) is 2. The highest BCUT2D eigenvalue weighted by atomic mass is 16.5. The van der Waals surface area contributed by atoms with Crippen molar-refractivity contribution in [2.45, 2.75) is 45.2 Å². The van der Waals surface area contributed by atoms with Gasteiger partial charge in [0, 0.05) is 42.2 Å². The molecule has 0 aliphatic carbocycles. The summed E-state index contributed by atoms with van der Waals surface area (Å²) < 4.78 is 11.1. The van der Waals surface area contributed by atoms with Gasteiger partial charge in [0.25, 0.3) is 5.91 Å². The Balaban J connectivity index is 1.49. The second-order valence-corrected chi connectivity index (χ2v) is 7.36. The molecule has 1 aromatic heterocycles. The van der Waals surface area contributed by atoms with Crippen LogP contribution in [0, 0.1) is 6.92 Å². The van der Waals surface area contributed by atoms with E-state index in [2.05, 4.69) is 11.8 Å². The lowest BCUT2D eigenvalue weighted by Crippen LogP contribution is -2.63. The van der Waals surface area contributed by atoms with E-state index in [1.807, 2.05) is 30.0 Å². The fourth-order valence-electron chi connectivity index (χ4n) is 4.17. The number of carbonyl (C=O) groups is 1. The van der Waals surface area contributed by atoms with Gasteiger partial charge in [-0.05, 0) is 45.4 Å². The monoisotopic (exact) mass is 342 g/mol. The number of hydrogen-bond acceptors (Lipinski definition) is 4. The molecule has 2 fully saturated rings. The van der Waals surface area contributed by atoms with E-state index in [1.54, 1.807) is 7.11 Å². The van der Waals surface area contributed by atoms with E-state index in [0.717, 1.165) is 36.3 Å². The van der Waals surface area contributed by atoms with Gasteiger partial charge in [0.05, 0.1) is 7.11 Å². The maximum Gasteiger partial charge on any atom is 0.289 e. The van der Waals surface area contributed by atoms with Crippen LogP contribution in [0.4, 0.5) is 0 Å². The Hall–Kier alpha value is -2.01. The van der Waals surface area contributed by atoms with Gasteiger partial charge in [-0.15, -0.1) is 0 Å². The van der Waals surface area contributed by atoms with Crippen LogP contribution in [0.5, 0.6) is 5.75 Å². The fourth-order valence-corrected chi connectivity index (χ4v) is 4.17. The Bertz CT molecular complexity index is 792. The van der Waals surface area contributed by atoms with E-state index in [1.165, 1.54) is 19.3 Å². The molecule has 0 spiro atoms. The van der Waals surface area contributed by atoms with Gasteiger partial charge in [-0.25, -0.2) is 0 Å². The maximum absolute atomic E-state index is 12.9. The Labute approximate surface area is 148 Å². The van der Waals surface area contributed by atoms with Crippen molar-refractivity contribution in [2.75, 3.05) is 26.7 Å². The van der Waals surface area contributed by atoms with E-state index in [-0.39, 0.29) is 5.91 Å². The van der Waals surface area contributed by atoms with Crippen LogP contribution < -0.4 is 4.74 Å². The number of fused-ring (bicyclic) bond motifs is 1. The van der Waals surface area contributed by atoms with Gasteiger partial charge in [-0.1, -0.05) is 6.42 Å². The van der Waals surface area contributed by atoms with E-state index >= 15 is 0 Å². The summed E-state index contributed by atoms with van der Waals surface area (Å²) in [7, 11) is 1.63. The molecule has 2 aliphatic heterocycles. The molecule has 25 heavy (non-hydrogen) atoms. The normalized spacial score (nSPS) is 22.2. The van der Waals surface area contributed by atoms with Crippen LogP contribution in [-0.2, 0) is 0 Å². The Kier molecular flexibility index (Phi) is 4.20. The molecule has 1 amide bonds. The maximum atomic E-state index is 12.9. The molecular formula is C20H26N2O3. The third-order valence-electron chi connectivity index (χ3n) is 5.81. The highest BCUT2D eigenvalue weighted by molar-refractivity contribution is 5.99. The number of hydrogen-bond donors (Lipinski definition) is 0. The molecule has 134 valence electrons. The molecule has 1 aromatic carbocycles. The first-order chi connectivity index (χ1) is 12.1. The zero-order valence-electron chi connectivity index (χ0n) is 15.2. The van der Waals surface area contributed by atoms with Crippen LogP contribution in [0.25, 0.3) is 11.0 Å². The third-order valence-corrected chi connectivity index (χ3v) is 5.81. The number of methoxy groups -OCH3 is 1. The van der Waals surface area contributed by atoms with Gasteiger partial charge in [-0.2, -0.15) is 0 Å². The van der Waals surface area contributed by atoms with Gasteiger partial charge in [0.15, 0.2) is 5.76 Å². The van der Waals surface area contributed by atoms with Crippen molar-refractivity contribution >= 4 is 16.9 Å². The number of amides is 1. The minimum Gasteiger partial charge on any atom is -0.497 e. The Morgan fingerprint density at radius 3 is 2.80 bits per heavy atom. The number of aryl methyl sites for hydroxylation is 1. The zero-order chi connectivity index (χ0) is 17.6. The first-order valence-corrected chi connectivity index (χ1v) is 9.20. The van der Waals surface area contributed by atoms with Gasteiger partial charge < -0.3 is 14.1 Å². The first-order valence-electron chi connectivity index (χ1n) is 9.20. The summed E-state index contributed by atoms with van der Waals surface area (Å²) in [5.74, 6) is 1.21. The quantitative estimate of drug-likeness (QED) is 0.857. The molecule has 0 bridgehead atoms. The molecule has 2 aromatic rings. The predicted octanol–water partition coefficient (Wildman–Crippen LogP) is 3.45. The molecule has 2 aliphatic rings. The lowest BCUT2D eigenvalue weighted by Gasteiger charge is -2.49. The van der Waals surface area contributed by atoms with Gasteiger partial charge in [0.1, 0.15) is 11.3 Å². The van der Waals surface area contributed by atoms with Crippen molar-refractivity contribution < 1.29 is 13.9 Å². The van der Waals surface area contributed by atoms with Crippen LogP contribution in [0.1, 0.15) is 42.3 Å². The van der Waals surface area contributed by atoms with E-state index < -0.39 is 0 Å². The SMILES string of the molecule is COc1ccc2c(C)c(C(=O)N3CC(N4CCCC[C@@H]4C)C3)oc2c1. The Morgan fingerprint density at radius 2 is 2.08 bits per heavy atom. The molecular weight excluding hydrogens is 316 g/mol. The van der Waals surface area contributed by atoms with Crippen molar-refractivity contribution in [1.29, 1.82) is 0 Å². The average molecular weight is 342 g/mol. The predicted molar refractivity (Wildman–Crippen MR) is 97.2 cm³/mol. The van der Waals surface area contributed by atoms with Crippen molar-refractivity contribution in [3.8, 4) is 5.75 Å². The molecule has 5 heteroatoms. The molecule has 1 atom stereocenters. The zero-order valence-corrected chi connectivity index (χ0v) is 15.2. The smallest absolute Gasteiger partial charge is 0.289 e. The number of carbonyl (C=O) groups excluding carboxylic acids is 1. The second kappa shape index (κ2) is 6.37. The summed E-state index contributed by atoms with van der Waals surface area (Å²) in [5.41, 5.74) is 1.62. The topological polar surface area (TPSA) is 45.9 Å². The highest BCUT2D eigenvalue weighted by Crippen LogP contribution is 2.31. The summed E-state index contributed by atoms with van der Waals surface area (Å²) in [4.78, 5) is 17.3. The first kappa shape index (κ1) is 16.5. The summed E-state index contributed by atoms with van der Waals surface area (Å²) in [5, 5.41) is 0.978. The summed E-state index contributed by atoms with van der Waals surface area (Å²) in [6.07, 6.45) is 3.88. The van der Waals surface area contributed by atoms with Crippen LogP contribution in [0.15, 0.2) is 22.6 Å². The number of furan rings is 1. The van der Waals surface area contributed by atoms with E-state index in [9.17, 15) is 4.79 Å². The number of rotatable bonds is 3. The summed E-state index contributed by atoms with van der Waals surface area (Å²) in [6, 6.07) is 6.84. The van der Waals surface area contributed by atoms with Crippen LogP contribution in [0.2, 0.25) is 0 Å². The van der Waals surface area contributed by atoms with Crippen molar-refractivity contribution in [1.82, 2.24) is 9.80 Å².